The second-order valence-corrected chi connectivity index (χ2v) is 2.73. The summed E-state index contributed by atoms with van der Waals surface area (Å²) in [5.41, 5.74) is 0. The van der Waals surface area contributed by atoms with E-state index in [2.05, 4.69) is 5.32 Å². The summed E-state index contributed by atoms with van der Waals surface area (Å²) in [7, 11) is 1.48. The maximum absolute atomic E-state index is 11.1. The topological polar surface area (TPSA) is 72.5 Å². The summed E-state index contributed by atoms with van der Waals surface area (Å²) in [5.74, 6) is -1.17. The van der Waals surface area contributed by atoms with Crippen LogP contribution in [0, 0.1) is 0 Å². The van der Waals surface area contributed by atoms with Crippen LogP contribution >= 0.6 is 0 Å². The van der Waals surface area contributed by atoms with Crippen LogP contribution in [0.2, 0.25) is 0 Å². The standard InChI is InChI=1S/C7H12N2O3.K/c1-8-7(12)9-4-2-3-5(9)6(10)11;/h5H,2-4H2,1H3,(H,8,12)(H,10,11);/q;+1/p-1. The monoisotopic (exact) mass is 210 g/mol. The Kier molecular flexibility index (Phi) is 6.15. The Hall–Kier alpha value is 0.376. The molecule has 68 valence electrons. The van der Waals surface area contributed by atoms with Crippen molar-refractivity contribution < 1.29 is 66.1 Å². The van der Waals surface area contributed by atoms with Gasteiger partial charge in [-0.1, -0.05) is 0 Å². The summed E-state index contributed by atoms with van der Waals surface area (Å²) in [4.78, 5) is 22.8. The van der Waals surface area contributed by atoms with Crippen LogP contribution in [0.1, 0.15) is 12.8 Å². The molecule has 2 amide bonds. The second-order valence-electron chi connectivity index (χ2n) is 2.73. The molecule has 6 heteroatoms. The molecule has 1 fully saturated rings. The van der Waals surface area contributed by atoms with Gasteiger partial charge in [-0.2, -0.15) is 0 Å². The first kappa shape index (κ1) is 13.4. The van der Waals surface area contributed by atoms with Gasteiger partial charge in [0.1, 0.15) is 0 Å². The van der Waals surface area contributed by atoms with E-state index in [1.165, 1.54) is 11.9 Å². The van der Waals surface area contributed by atoms with Gasteiger partial charge in [0.15, 0.2) is 0 Å². The number of hydrogen-bond acceptors (Lipinski definition) is 3. The van der Waals surface area contributed by atoms with Gasteiger partial charge in [0.2, 0.25) is 0 Å². The first-order valence-electron chi connectivity index (χ1n) is 3.86. The quantitative estimate of drug-likeness (QED) is 0.444. The van der Waals surface area contributed by atoms with Crippen molar-refractivity contribution in [2.75, 3.05) is 13.6 Å². The molecule has 0 aromatic rings. The number of carboxylic acids is 1. The number of carboxylic acid groups (broad SMARTS) is 1. The molecule has 1 aliphatic heterocycles. The fraction of sp³-hybridized carbons (Fsp3) is 0.714. The predicted molar refractivity (Wildman–Crippen MR) is 39.2 cm³/mol. The van der Waals surface area contributed by atoms with Gasteiger partial charge in [0, 0.05) is 13.6 Å². The molecule has 0 radical (unpaired) electrons. The summed E-state index contributed by atoms with van der Waals surface area (Å²) in [6.07, 6.45) is 1.22. The van der Waals surface area contributed by atoms with Crippen molar-refractivity contribution in [3.63, 3.8) is 0 Å². The molecular formula is C7H11KN2O3. The molecule has 0 bridgehead atoms. The molecule has 0 spiro atoms. The number of amides is 2. The number of nitrogens with zero attached hydrogens (tertiary/aromatic N) is 1. The van der Waals surface area contributed by atoms with E-state index >= 15 is 0 Å². The van der Waals surface area contributed by atoms with Crippen LogP contribution in [-0.2, 0) is 4.79 Å². The first-order valence-corrected chi connectivity index (χ1v) is 3.86. The van der Waals surface area contributed by atoms with Gasteiger partial charge >= 0.3 is 57.4 Å². The van der Waals surface area contributed by atoms with Gasteiger partial charge in [-0.05, 0) is 12.8 Å². The smallest absolute Gasteiger partial charge is 0.548 e. The van der Waals surface area contributed by atoms with Gasteiger partial charge in [-0.25, -0.2) is 4.79 Å². The average molecular weight is 210 g/mol. The van der Waals surface area contributed by atoms with Crippen LogP contribution in [0.4, 0.5) is 4.79 Å². The van der Waals surface area contributed by atoms with E-state index in [4.69, 9.17) is 0 Å². The summed E-state index contributed by atoms with van der Waals surface area (Å²) >= 11 is 0. The zero-order valence-electron chi connectivity index (χ0n) is 7.87. The third-order valence-electron chi connectivity index (χ3n) is 2.00. The summed E-state index contributed by atoms with van der Waals surface area (Å²) in [6, 6.07) is -1.09. The first-order chi connectivity index (χ1) is 5.66. The van der Waals surface area contributed by atoms with E-state index in [-0.39, 0.29) is 57.4 Å². The Balaban J connectivity index is 0.00000144. The molecule has 1 aliphatic rings. The largest absolute Gasteiger partial charge is 1.00 e. The molecule has 0 aliphatic carbocycles. The van der Waals surface area contributed by atoms with Crippen molar-refractivity contribution in [1.29, 1.82) is 0 Å². The SMILES string of the molecule is CNC(=O)N1CCCC1C(=O)[O-].[K+]. The van der Waals surface area contributed by atoms with E-state index in [1.54, 1.807) is 0 Å². The minimum absolute atomic E-state index is 0. The third-order valence-corrected chi connectivity index (χ3v) is 2.00. The Labute approximate surface area is 119 Å². The summed E-state index contributed by atoms with van der Waals surface area (Å²) in [6.45, 7) is 0.498. The molecule has 1 heterocycles. The number of likely N-dealkylation sites (tertiary alicyclic amines) is 1. The molecule has 1 rings (SSSR count). The molecule has 0 aromatic heterocycles. The van der Waals surface area contributed by atoms with E-state index in [0.717, 1.165) is 6.42 Å². The Morgan fingerprint density at radius 1 is 1.54 bits per heavy atom. The number of urea groups is 1. The van der Waals surface area contributed by atoms with Crippen molar-refractivity contribution in [1.82, 2.24) is 10.2 Å². The zero-order chi connectivity index (χ0) is 9.14. The van der Waals surface area contributed by atoms with Crippen molar-refractivity contribution in [3.05, 3.63) is 0 Å². The molecule has 0 saturated carbocycles. The fourth-order valence-corrected chi connectivity index (χ4v) is 1.40. The van der Waals surface area contributed by atoms with Crippen LogP contribution in [-0.4, -0.2) is 36.5 Å². The minimum Gasteiger partial charge on any atom is -0.548 e. The number of carbonyl (C=O) groups excluding carboxylic acids is 2. The van der Waals surface area contributed by atoms with Crippen molar-refractivity contribution in [2.24, 2.45) is 0 Å². The van der Waals surface area contributed by atoms with Gasteiger partial charge in [0.25, 0.3) is 0 Å². The van der Waals surface area contributed by atoms with Crippen LogP contribution in [0.3, 0.4) is 0 Å². The van der Waals surface area contributed by atoms with Crippen LogP contribution in [0.25, 0.3) is 0 Å². The van der Waals surface area contributed by atoms with Crippen molar-refractivity contribution in [3.8, 4) is 0 Å². The van der Waals surface area contributed by atoms with Gasteiger partial charge < -0.3 is 20.1 Å². The predicted octanol–water partition coefficient (Wildman–Crippen LogP) is -4.46. The van der Waals surface area contributed by atoms with Gasteiger partial charge in [-0.15, -0.1) is 0 Å². The van der Waals surface area contributed by atoms with Crippen LogP contribution in [0.15, 0.2) is 0 Å². The minimum atomic E-state index is -1.17. The molecule has 13 heavy (non-hydrogen) atoms. The Morgan fingerprint density at radius 2 is 2.15 bits per heavy atom. The molecule has 1 atom stereocenters. The van der Waals surface area contributed by atoms with Crippen LogP contribution in [0.5, 0.6) is 0 Å². The molecule has 0 aromatic carbocycles. The maximum Gasteiger partial charge on any atom is 1.00 e. The Bertz CT molecular complexity index is 210. The van der Waals surface area contributed by atoms with E-state index < -0.39 is 12.0 Å². The maximum atomic E-state index is 11.1. The summed E-state index contributed by atoms with van der Waals surface area (Å²) in [5, 5.41) is 12.9. The number of carbonyl (C=O) groups is 2. The van der Waals surface area contributed by atoms with Crippen LogP contribution < -0.4 is 61.8 Å². The number of hydrogen-bond donors (Lipinski definition) is 1. The Morgan fingerprint density at radius 3 is 2.62 bits per heavy atom. The molecule has 1 saturated heterocycles. The normalized spacial score (nSPS) is 20.7. The number of rotatable bonds is 1. The fourth-order valence-electron chi connectivity index (χ4n) is 1.40. The summed E-state index contributed by atoms with van der Waals surface area (Å²) < 4.78 is 0. The molecule has 5 nitrogen and oxygen atoms in total. The number of nitrogens with one attached hydrogen (secondary N) is 1. The van der Waals surface area contributed by atoms with Crippen molar-refractivity contribution in [2.45, 2.75) is 18.9 Å². The zero-order valence-corrected chi connectivity index (χ0v) is 11.0. The number of aliphatic carboxylic acids is 1. The van der Waals surface area contributed by atoms with E-state index in [9.17, 15) is 14.7 Å². The van der Waals surface area contributed by atoms with E-state index in [1.807, 2.05) is 0 Å². The molecular weight excluding hydrogens is 199 g/mol. The molecule has 1 N–H and O–H groups in total. The second kappa shape index (κ2) is 5.97. The van der Waals surface area contributed by atoms with Gasteiger partial charge in [-0.3, -0.25) is 0 Å². The molecule has 1 unspecified atom stereocenters. The van der Waals surface area contributed by atoms with Crippen molar-refractivity contribution >= 4 is 12.0 Å². The average Bonchev–Trinajstić information content (AvgIpc) is 2.50. The van der Waals surface area contributed by atoms with Gasteiger partial charge in [0.05, 0.1) is 12.0 Å². The third kappa shape index (κ3) is 3.21. The van der Waals surface area contributed by atoms with E-state index in [0.29, 0.717) is 13.0 Å².